The lowest BCUT2D eigenvalue weighted by Gasteiger charge is -2.49. The van der Waals surface area contributed by atoms with Gasteiger partial charge in [-0.3, -0.25) is 4.90 Å². The number of anilines is 2. The van der Waals surface area contributed by atoms with Gasteiger partial charge in [0.25, 0.3) is 0 Å². The SMILES string of the molecule is [2H]C([2H])([2H])Oc1cc(N2CCC(N3CCN(C(=O)O)C(C(C)(C)C)C3)CC2)c(C)cc1N. The van der Waals surface area contributed by atoms with Crippen molar-refractivity contribution < 1.29 is 18.8 Å². The van der Waals surface area contributed by atoms with E-state index in [9.17, 15) is 9.90 Å². The van der Waals surface area contributed by atoms with Crippen molar-refractivity contribution in [1.29, 1.82) is 0 Å². The van der Waals surface area contributed by atoms with Crippen molar-refractivity contribution in [3.8, 4) is 5.75 Å². The van der Waals surface area contributed by atoms with E-state index in [2.05, 4.69) is 30.6 Å². The maximum Gasteiger partial charge on any atom is 0.407 e. The number of rotatable bonds is 3. The molecule has 1 aromatic carbocycles. The van der Waals surface area contributed by atoms with Gasteiger partial charge < -0.3 is 25.4 Å². The van der Waals surface area contributed by atoms with E-state index in [1.54, 1.807) is 17.0 Å². The summed E-state index contributed by atoms with van der Waals surface area (Å²) < 4.78 is 27.2. The van der Waals surface area contributed by atoms with Crippen LogP contribution in [0.1, 0.15) is 43.3 Å². The highest BCUT2D eigenvalue weighted by Gasteiger charge is 2.40. The minimum absolute atomic E-state index is 0.0364. The fraction of sp³-hybridized carbons (Fsp3) is 0.682. The van der Waals surface area contributed by atoms with Crippen molar-refractivity contribution >= 4 is 17.5 Å². The number of amides is 1. The number of hydrogen-bond acceptors (Lipinski definition) is 5. The topological polar surface area (TPSA) is 82.3 Å². The molecule has 2 aliphatic rings. The van der Waals surface area contributed by atoms with Crippen LogP contribution in [0.15, 0.2) is 12.1 Å². The monoisotopic (exact) mass is 407 g/mol. The van der Waals surface area contributed by atoms with Crippen LogP contribution in [-0.2, 0) is 0 Å². The Labute approximate surface area is 178 Å². The van der Waals surface area contributed by atoms with E-state index in [0.29, 0.717) is 18.3 Å². The summed E-state index contributed by atoms with van der Waals surface area (Å²) in [4.78, 5) is 18.0. The normalized spacial score (nSPS) is 24.0. The summed E-state index contributed by atoms with van der Waals surface area (Å²) in [5.74, 6) is 0.186. The molecule has 2 fully saturated rings. The first-order valence-electron chi connectivity index (χ1n) is 11.8. The quantitative estimate of drug-likeness (QED) is 0.749. The Balaban J connectivity index is 1.68. The number of carbonyl (C=O) groups is 1. The van der Waals surface area contributed by atoms with Gasteiger partial charge in [0, 0.05) is 50.5 Å². The highest BCUT2D eigenvalue weighted by atomic mass is 16.5. The van der Waals surface area contributed by atoms with Crippen LogP contribution in [0.25, 0.3) is 0 Å². The highest BCUT2D eigenvalue weighted by Crippen LogP contribution is 2.34. The summed E-state index contributed by atoms with van der Waals surface area (Å²) in [6.07, 6.45) is 1.08. The summed E-state index contributed by atoms with van der Waals surface area (Å²) in [6, 6.07) is 3.87. The molecule has 2 heterocycles. The number of hydrogen-bond donors (Lipinski definition) is 2. The molecule has 162 valence electrons. The number of carboxylic acid groups (broad SMARTS) is 1. The molecule has 0 saturated carbocycles. The predicted molar refractivity (Wildman–Crippen MR) is 117 cm³/mol. The molecule has 2 aliphatic heterocycles. The van der Waals surface area contributed by atoms with Crippen LogP contribution in [0.5, 0.6) is 5.75 Å². The maximum atomic E-state index is 11.7. The van der Waals surface area contributed by atoms with Crippen molar-refractivity contribution in [3.05, 3.63) is 17.7 Å². The highest BCUT2D eigenvalue weighted by molar-refractivity contribution is 5.67. The molecule has 1 amide bonds. The van der Waals surface area contributed by atoms with Gasteiger partial charge in [-0.25, -0.2) is 4.79 Å². The van der Waals surface area contributed by atoms with Crippen molar-refractivity contribution in [1.82, 2.24) is 9.80 Å². The van der Waals surface area contributed by atoms with Crippen LogP contribution in [0.4, 0.5) is 16.2 Å². The van der Waals surface area contributed by atoms with Crippen molar-refractivity contribution in [2.24, 2.45) is 5.41 Å². The third kappa shape index (κ3) is 4.55. The molecule has 1 unspecified atom stereocenters. The van der Waals surface area contributed by atoms with Crippen LogP contribution in [0, 0.1) is 12.3 Å². The molecule has 3 N–H and O–H groups in total. The van der Waals surface area contributed by atoms with Crippen LogP contribution >= 0.6 is 0 Å². The summed E-state index contributed by atoms with van der Waals surface area (Å²) in [7, 11) is -2.55. The average molecular weight is 408 g/mol. The first kappa shape index (κ1) is 17.7. The second-order valence-corrected chi connectivity index (χ2v) is 9.35. The van der Waals surface area contributed by atoms with Gasteiger partial charge >= 0.3 is 6.09 Å². The second kappa shape index (κ2) is 8.30. The van der Waals surface area contributed by atoms with E-state index in [1.165, 1.54) is 0 Å². The largest absolute Gasteiger partial charge is 0.495 e. The van der Waals surface area contributed by atoms with E-state index in [4.69, 9.17) is 14.6 Å². The van der Waals surface area contributed by atoms with Gasteiger partial charge in [0.1, 0.15) is 5.75 Å². The Morgan fingerprint density at radius 2 is 1.93 bits per heavy atom. The minimum atomic E-state index is -2.55. The zero-order valence-electron chi connectivity index (χ0n) is 20.9. The Hall–Kier alpha value is -2.15. The first-order valence-corrected chi connectivity index (χ1v) is 10.3. The summed E-state index contributed by atoms with van der Waals surface area (Å²) in [6.45, 7) is 12.0. The number of nitrogens with two attached hydrogens (primary N) is 1. The predicted octanol–water partition coefficient (Wildman–Crippen LogP) is 3.26. The zero-order chi connectivity index (χ0) is 23.8. The fourth-order valence-corrected chi connectivity index (χ4v) is 4.71. The molecular formula is C22H36N4O3. The molecule has 1 aromatic rings. The van der Waals surface area contributed by atoms with Crippen molar-refractivity contribution in [2.45, 2.75) is 52.6 Å². The Kier molecular flexibility index (Phi) is 5.06. The number of nitrogen functional groups attached to an aromatic ring is 1. The summed E-state index contributed by atoms with van der Waals surface area (Å²) in [5.41, 5.74) is 8.11. The van der Waals surface area contributed by atoms with Gasteiger partial charge in [0.2, 0.25) is 0 Å². The van der Waals surface area contributed by atoms with Gasteiger partial charge in [-0.15, -0.1) is 0 Å². The van der Waals surface area contributed by atoms with Crippen molar-refractivity contribution in [2.75, 3.05) is 50.4 Å². The van der Waals surface area contributed by atoms with E-state index in [0.717, 1.165) is 50.3 Å². The molecule has 7 nitrogen and oxygen atoms in total. The number of piperidine rings is 1. The third-order valence-corrected chi connectivity index (χ3v) is 6.42. The van der Waals surface area contributed by atoms with Crippen LogP contribution in [0.2, 0.25) is 0 Å². The average Bonchev–Trinajstić information content (AvgIpc) is 2.68. The van der Waals surface area contributed by atoms with Crippen LogP contribution < -0.4 is 15.4 Å². The van der Waals surface area contributed by atoms with Crippen molar-refractivity contribution in [3.63, 3.8) is 0 Å². The van der Waals surface area contributed by atoms with Gasteiger partial charge in [-0.2, -0.15) is 0 Å². The molecule has 0 bridgehead atoms. The maximum absolute atomic E-state index is 11.7. The lowest BCUT2D eigenvalue weighted by Crippen LogP contribution is -2.62. The number of ether oxygens (including phenoxy) is 1. The van der Waals surface area contributed by atoms with Crippen LogP contribution in [-0.4, -0.2) is 72.8 Å². The molecule has 29 heavy (non-hydrogen) atoms. The second-order valence-electron chi connectivity index (χ2n) is 9.35. The molecule has 2 saturated heterocycles. The molecule has 0 aromatic heterocycles. The third-order valence-electron chi connectivity index (χ3n) is 6.42. The summed E-state index contributed by atoms with van der Waals surface area (Å²) >= 11 is 0. The Morgan fingerprint density at radius 1 is 1.24 bits per heavy atom. The standard InChI is InChI=1S/C22H36N4O3/c1-15-12-17(23)19(29-5)13-18(15)24-8-6-16(7-9-24)25-10-11-26(21(27)28)20(14-25)22(2,3)4/h12-13,16,20H,6-11,14,23H2,1-5H3,(H,27,28)/i5D3. The lowest BCUT2D eigenvalue weighted by molar-refractivity contribution is 0.00182. The number of aryl methyl sites for hydroxylation is 1. The summed E-state index contributed by atoms with van der Waals surface area (Å²) in [5, 5.41) is 9.61. The molecule has 1 atom stereocenters. The van der Waals surface area contributed by atoms with E-state index in [1.807, 2.05) is 6.92 Å². The van der Waals surface area contributed by atoms with E-state index in [-0.39, 0.29) is 17.2 Å². The van der Waals surface area contributed by atoms with Crippen LogP contribution in [0.3, 0.4) is 0 Å². The molecule has 3 rings (SSSR count). The Morgan fingerprint density at radius 3 is 2.52 bits per heavy atom. The molecule has 7 heteroatoms. The van der Waals surface area contributed by atoms with Gasteiger partial charge in [-0.1, -0.05) is 20.8 Å². The van der Waals surface area contributed by atoms with Gasteiger partial charge in [-0.05, 0) is 36.8 Å². The molecule has 0 radical (unpaired) electrons. The van der Waals surface area contributed by atoms with Gasteiger partial charge in [0.15, 0.2) is 0 Å². The number of methoxy groups -OCH3 is 1. The van der Waals surface area contributed by atoms with Gasteiger partial charge in [0.05, 0.1) is 22.9 Å². The Bertz CT molecular complexity index is 833. The molecule has 0 aliphatic carbocycles. The molecular weight excluding hydrogens is 368 g/mol. The van der Waals surface area contributed by atoms with E-state index < -0.39 is 13.1 Å². The number of piperazine rings is 1. The lowest BCUT2D eigenvalue weighted by atomic mass is 9.83. The first-order chi connectivity index (χ1) is 14.8. The number of nitrogens with zero attached hydrogens (tertiary/aromatic N) is 3. The minimum Gasteiger partial charge on any atom is -0.495 e. The smallest absolute Gasteiger partial charge is 0.407 e. The zero-order valence-corrected chi connectivity index (χ0v) is 17.9. The fourth-order valence-electron chi connectivity index (χ4n) is 4.71. The molecule has 0 spiro atoms. The van der Waals surface area contributed by atoms with E-state index >= 15 is 0 Å². The number of benzene rings is 1.